The Hall–Kier alpha value is -1.30. The normalized spacial score (nSPS) is 10.8. The summed E-state index contributed by atoms with van der Waals surface area (Å²) in [6.45, 7) is 7.40. The van der Waals surface area contributed by atoms with Crippen LogP contribution in [-0.2, 0) is 23.7 Å². The Balaban J connectivity index is 3.34. The maximum atomic E-state index is 11.1. The Labute approximate surface area is 101 Å². The van der Waals surface area contributed by atoms with Crippen LogP contribution in [0, 0.1) is 0 Å². The van der Waals surface area contributed by atoms with Gasteiger partial charge in [-0.2, -0.15) is 0 Å². The van der Waals surface area contributed by atoms with Gasteiger partial charge < -0.3 is 18.9 Å². The molecule has 0 atom stereocenters. The van der Waals surface area contributed by atoms with Gasteiger partial charge in [0, 0.05) is 6.92 Å². The van der Waals surface area contributed by atoms with Crippen molar-refractivity contribution in [1.29, 1.82) is 0 Å². The summed E-state index contributed by atoms with van der Waals surface area (Å²) in [5.41, 5.74) is -0.562. The van der Waals surface area contributed by atoms with Crippen molar-refractivity contribution in [2.24, 2.45) is 0 Å². The molecule has 0 N–H and O–H groups in total. The van der Waals surface area contributed by atoms with Crippen LogP contribution in [0.2, 0.25) is 0 Å². The van der Waals surface area contributed by atoms with E-state index < -0.39 is 11.8 Å². The van der Waals surface area contributed by atoms with Gasteiger partial charge in [0.05, 0.1) is 13.2 Å². The van der Waals surface area contributed by atoms with Gasteiger partial charge in [-0.3, -0.25) is 4.79 Å². The van der Waals surface area contributed by atoms with Crippen molar-refractivity contribution in [1.82, 2.24) is 0 Å². The minimum Gasteiger partial charge on any atom is -0.463 e. The molecule has 100 valence electrons. The number of esters is 1. The zero-order valence-electron chi connectivity index (χ0n) is 10.8. The quantitative estimate of drug-likeness (QED) is 0.524. The van der Waals surface area contributed by atoms with E-state index in [-0.39, 0.29) is 32.4 Å². The topological polar surface area (TPSA) is 71.1 Å². The zero-order valence-corrected chi connectivity index (χ0v) is 10.8. The molecule has 0 spiro atoms. The number of carbonyl (C=O) groups is 2. The highest BCUT2D eigenvalue weighted by molar-refractivity contribution is 5.65. The third-order valence-corrected chi connectivity index (χ3v) is 1.37. The van der Waals surface area contributed by atoms with Crippen molar-refractivity contribution in [3.8, 4) is 0 Å². The van der Waals surface area contributed by atoms with Crippen molar-refractivity contribution in [3.05, 3.63) is 0 Å². The summed E-state index contributed by atoms with van der Waals surface area (Å²) in [7, 11) is 0. The number of carbonyl (C=O) groups excluding carboxylic acids is 2. The molecular formula is C11H20O6. The van der Waals surface area contributed by atoms with E-state index in [1.54, 1.807) is 20.8 Å². The lowest BCUT2D eigenvalue weighted by Gasteiger charge is -2.18. The average molecular weight is 248 g/mol. The van der Waals surface area contributed by atoms with Gasteiger partial charge in [0.15, 0.2) is 0 Å². The molecule has 0 aliphatic heterocycles. The summed E-state index contributed by atoms with van der Waals surface area (Å²) in [6, 6.07) is 0. The van der Waals surface area contributed by atoms with Crippen LogP contribution in [0.15, 0.2) is 0 Å². The highest BCUT2D eigenvalue weighted by Gasteiger charge is 2.16. The molecule has 0 amide bonds. The van der Waals surface area contributed by atoms with Gasteiger partial charge in [-0.25, -0.2) is 4.79 Å². The first-order valence-electron chi connectivity index (χ1n) is 5.38. The highest BCUT2D eigenvalue weighted by Crippen LogP contribution is 2.07. The highest BCUT2D eigenvalue weighted by atomic mass is 16.7. The fraction of sp³-hybridized carbons (Fsp3) is 0.818. The number of hydrogen-bond acceptors (Lipinski definition) is 6. The second kappa shape index (κ2) is 7.89. The largest absolute Gasteiger partial charge is 0.508 e. The first-order chi connectivity index (χ1) is 7.81. The smallest absolute Gasteiger partial charge is 0.463 e. The molecule has 0 aliphatic rings. The Morgan fingerprint density at radius 3 is 1.94 bits per heavy atom. The minimum atomic E-state index is -0.721. The van der Waals surface area contributed by atoms with Gasteiger partial charge >= 0.3 is 12.1 Å². The Morgan fingerprint density at radius 1 is 0.941 bits per heavy atom. The molecule has 0 radical (unpaired) electrons. The van der Waals surface area contributed by atoms with Gasteiger partial charge in [-0.1, -0.05) is 0 Å². The Bertz CT molecular complexity index is 243. The first-order valence-corrected chi connectivity index (χ1v) is 5.38. The van der Waals surface area contributed by atoms with E-state index in [4.69, 9.17) is 14.2 Å². The number of hydrogen-bond donors (Lipinski definition) is 0. The van der Waals surface area contributed by atoms with E-state index in [1.807, 2.05) is 0 Å². The molecule has 0 aromatic rings. The predicted molar refractivity (Wildman–Crippen MR) is 59.6 cm³/mol. The summed E-state index contributed by atoms with van der Waals surface area (Å²) in [5.74, 6) is -0.349. The molecule has 6 nitrogen and oxygen atoms in total. The maximum absolute atomic E-state index is 11.1. The van der Waals surface area contributed by atoms with E-state index in [1.165, 1.54) is 6.92 Å². The number of rotatable bonds is 6. The lowest BCUT2D eigenvalue weighted by atomic mass is 10.2. The molecule has 0 aliphatic carbocycles. The molecule has 0 aromatic heterocycles. The number of ether oxygens (including phenoxy) is 4. The van der Waals surface area contributed by atoms with Crippen molar-refractivity contribution in [2.75, 3.05) is 26.4 Å². The van der Waals surface area contributed by atoms with Crippen LogP contribution in [0.5, 0.6) is 0 Å². The minimum absolute atomic E-state index is 0.106. The van der Waals surface area contributed by atoms with Crippen LogP contribution in [0.1, 0.15) is 27.7 Å². The van der Waals surface area contributed by atoms with Gasteiger partial charge in [-0.05, 0) is 20.8 Å². The molecule has 6 heteroatoms. The van der Waals surface area contributed by atoms with Gasteiger partial charge in [0.2, 0.25) is 0 Å². The molecule has 17 heavy (non-hydrogen) atoms. The van der Waals surface area contributed by atoms with Crippen molar-refractivity contribution < 1.29 is 28.5 Å². The maximum Gasteiger partial charge on any atom is 0.508 e. The molecule has 0 aromatic carbocycles. The third-order valence-electron chi connectivity index (χ3n) is 1.37. The standard InChI is InChI=1S/C11H20O6/c1-9(12)15-7-5-14-6-8-16-10(13)17-11(2,3)4/h5-8H2,1-4H3. The van der Waals surface area contributed by atoms with Crippen LogP contribution in [0.4, 0.5) is 4.79 Å². The van der Waals surface area contributed by atoms with Gasteiger partial charge in [0.1, 0.15) is 18.8 Å². The van der Waals surface area contributed by atoms with Crippen LogP contribution in [0.3, 0.4) is 0 Å². The van der Waals surface area contributed by atoms with E-state index in [0.29, 0.717) is 0 Å². The molecule has 0 rings (SSSR count). The lowest BCUT2D eigenvalue weighted by Crippen LogP contribution is -2.25. The zero-order chi connectivity index (χ0) is 13.3. The Morgan fingerprint density at radius 2 is 1.47 bits per heavy atom. The van der Waals surface area contributed by atoms with E-state index in [0.717, 1.165) is 0 Å². The molecular weight excluding hydrogens is 228 g/mol. The monoisotopic (exact) mass is 248 g/mol. The lowest BCUT2D eigenvalue weighted by molar-refractivity contribution is -0.142. The third kappa shape index (κ3) is 12.6. The summed E-state index contributed by atoms with van der Waals surface area (Å²) in [5, 5.41) is 0. The molecule has 0 fully saturated rings. The average Bonchev–Trinajstić information content (AvgIpc) is 2.12. The van der Waals surface area contributed by atoms with E-state index >= 15 is 0 Å². The second-order valence-electron chi connectivity index (χ2n) is 4.27. The van der Waals surface area contributed by atoms with Crippen molar-refractivity contribution >= 4 is 12.1 Å². The van der Waals surface area contributed by atoms with E-state index in [9.17, 15) is 9.59 Å². The Kier molecular flexibility index (Phi) is 7.29. The molecule has 0 saturated heterocycles. The second-order valence-corrected chi connectivity index (χ2v) is 4.27. The van der Waals surface area contributed by atoms with Crippen LogP contribution < -0.4 is 0 Å². The van der Waals surface area contributed by atoms with E-state index in [2.05, 4.69) is 4.74 Å². The van der Waals surface area contributed by atoms with Crippen LogP contribution in [-0.4, -0.2) is 44.2 Å². The molecule has 0 unspecified atom stereocenters. The molecule has 0 heterocycles. The fourth-order valence-electron chi connectivity index (χ4n) is 0.810. The van der Waals surface area contributed by atoms with Crippen LogP contribution in [0.25, 0.3) is 0 Å². The molecule has 0 bridgehead atoms. The van der Waals surface area contributed by atoms with Crippen LogP contribution >= 0.6 is 0 Å². The summed E-state index contributed by atoms with van der Waals surface area (Å²) in [6.07, 6.45) is -0.721. The summed E-state index contributed by atoms with van der Waals surface area (Å²) in [4.78, 5) is 21.5. The van der Waals surface area contributed by atoms with Gasteiger partial charge in [0.25, 0.3) is 0 Å². The van der Waals surface area contributed by atoms with Crippen molar-refractivity contribution in [3.63, 3.8) is 0 Å². The van der Waals surface area contributed by atoms with Crippen molar-refractivity contribution in [2.45, 2.75) is 33.3 Å². The van der Waals surface area contributed by atoms with Gasteiger partial charge in [-0.15, -0.1) is 0 Å². The SMILES string of the molecule is CC(=O)OCCOCCOC(=O)OC(C)(C)C. The first kappa shape index (κ1) is 15.7. The summed E-state index contributed by atoms with van der Waals surface area (Å²) < 4.78 is 19.4. The predicted octanol–water partition coefficient (Wildman–Crippen LogP) is 1.52. The fourth-order valence-corrected chi connectivity index (χ4v) is 0.810. The summed E-state index contributed by atoms with van der Waals surface area (Å²) >= 11 is 0. The molecule has 0 saturated carbocycles.